The van der Waals surface area contributed by atoms with Gasteiger partial charge in [0.05, 0.1) is 30.7 Å². The van der Waals surface area contributed by atoms with Gasteiger partial charge < -0.3 is 15.4 Å². The number of para-hydroxylation sites is 1. The van der Waals surface area contributed by atoms with Gasteiger partial charge in [-0.25, -0.2) is 4.98 Å². The lowest BCUT2D eigenvalue weighted by Gasteiger charge is -2.14. The number of carbonyl (C=O) groups excluding carboxylic acids is 2. The highest BCUT2D eigenvalue weighted by molar-refractivity contribution is 7.99. The van der Waals surface area contributed by atoms with E-state index >= 15 is 0 Å². The van der Waals surface area contributed by atoms with E-state index in [1.807, 2.05) is 36.6 Å². The number of thioether (sulfide) groups is 1. The average molecular weight is 509 g/mol. The SMILES string of the molecule is COc1ccccc1C(=O)NCc1nnc(SCC(=O)Nc2nccs2)n1-c1cc(C)ccc1C. The molecule has 0 fully saturated rings. The van der Waals surface area contributed by atoms with Crippen LogP contribution in [0.25, 0.3) is 5.69 Å². The molecule has 0 unspecified atom stereocenters. The third-order valence-corrected chi connectivity index (χ3v) is 6.69. The zero-order chi connectivity index (χ0) is 24.8. The Morgan fingerprint density at radius 1 is 1.14 bits per heavy atom. The number of anilines is 1. The Morgan fingerprint density at radius 2 is 1.97 bits per heavy atom. The Kier molecular flexibility index (Phi) is 7.78. The maximum Gasteiger partial charge on any atom is 0.255 e. The Hall–Kier alpha value is -3.70. The summed E-state index contributed by atoms with van der Waals surface area (Å²) in [5.74, 6) is 0.700. The molecule has 2 amide bonds. The lowest BCUT2D eigenvalue weighted by Crippen LogP contribution is -2.25. The van der Waals surface area contributed by atoms with Gasteiger partial charge >= 0.3 is 0 Å². The van der Waals surface area contributed by atoms with Crippen LogP contribution in [0.2, 0.25) is 0 Å². The number of nitrogens with zero attached hydrogens (tertiary/aromatic N) is 4. The zero-order valence-corrected chi connectivity index (χ0v) is 21.1. The predicted molar refractivity (Wildman–Crippen MR) is 136 cm³/mol. The summed E-state index contributed by atoms with van der Waals surface area (Å²) >= 11 is 2.62. The zero-order valence-electron chi connectivity index (χ0n) is 19.4. The van der Waals surface area contributed by atoms with Crippen LogP contribution in [0.4, 0.5) is 5.13 Å². The van der Waals surface area contributed by atoms with Crippen molar-refractivity contribution in [2.75, 3.05) is 18.2 Å². The number of hydrogen-bond donors (Lipinski definition) is 2. The minimum atomic E-state index is -0.282. The lowest BCUT2D eigenvalue weighted by molar-refractivity contribution is -0.113. The molecule has 0 saturated heterocycles. The highest BCUT2D eigenvalue weighted by Gasteiger charge is 2.19. The van der Waals surface area contributed by atoms with Crippen LogP contribution in [-0.2, 0) is 11.3 Å². The number of amides is 2. The standard InChI is InChI=1S/C24H24N6O3S2/c1-15-8-9-16(2)18(12-15)30-20(13-26-22(32)17-6-4-5-7-19(17)33-3)28-29-24(30)35-14-21(31)27-23-25-10-11-34-23/h4-12H,13-14H2,1-3H3,(H,26,32)(H,25,27,31). The molecule has 0 saturated carbocycles. The third kappa shape index (κ3) is 5.87. The summed E-state index contributed by atoms with van der Waals surface area (Å²) in [5.41, 5.74) is 3.41. The van der Waals surface area contributed by atoms with Crippen LogP contribution in [0.5, 0.6) is 5.75 Å². The molecule has 0 atom stereocenters. The Balaban J connectivity index is 1.57. The summed E-state index contributed by atoms with van der Waals surface area (Å²) < 4.78 is 7.18. The van der Waals surface area contributed by atoms with Crippen molar-refractivity contribution >= 4 is 40.0 Å². The van der Waals surface area contributed by atoms with Crippen LogP contribution in [0.15, 0.2) is 59.2 Å². The molecule has 2 heterocycles. The van der Waals surface area contributed by atoms with Gasteiger partial charge in [-0.3, -0.25) is 14.2 Å². The molecule has 4 rings (SSSR count). The number of thiazole rings is 1. The van der Waals surface area contributed by atoms with Crippen LogP contribution < -0.4 is 15.4 Å². The molecule has 2 N–H and O–H groups in total. The van der Waals surface area contributed by atoms with Crippen molar-refractivity contribution in [3.05, 3.63) is 76.6 Å². The van der Waals surface area contributed by atoms with Crippen LogP contribution in [0.1, 0.15) is 27.3 Å². The quantitative estimate of drug-likeness (QED) is 0.329. The van der Waals surface area contributed by atoms with Gasteiger partial charge in [-0.1, -0.05) is 36.0 Å². The summed E-state index contributed by atoms with van der Waals surface area (Å²) in [5, 5.41) is 17.2. The highest BCUT2D eigenvalue weighted by atomic mass is 32.2. The number of ether oxygens (including phenoxy) is 1. The second-order valence-electron chi connectivity index (χ2n) is 7.58. The molecule has 0 aliphatic carbocycles. The normalized spacial score (nSPS) is 10.7. The Morgan fingerprint density at radius 3 is 2.74 bits per heavy atom. The van der Waals surface area contributed by atoms with Crippen molar-refractivity contribution in [3.8, 4) is 11.4 Å². The fourth-order valence-corrected chi connectivity index (χ4v) is 4.68. The Labute approximate surface area is 211 Å². The van der Waals surface area contributed by atoms with E-state index in [1.54, 1.807) is 35.8 Å². The van der Waals surface area contributed by atoms with Crippen molar-refractivity contribution in [3.63, 3.8) is 0 Å². The second kappa shape index (κ2) is 11.2. The van der Waals surface area contributed by atoms with E-state index in [-0.39, 0.29) is 24.1 Å². The van der Waals surface area contributed by atoms with Crippen molar-refractivity contribution in [1.82, 2.24) is 25.1 Å². The molecule has 0 radical (unpaired) electrons. The minimum absolute atomic E-state index is 0.135. The fourth-order valence-electron chi connectivity index (χ4n) is 3.37. The number of carbonyl (C=O) groups is 2. The van der Waals surface area contributed by atoms with Crippen LogP contribution in [0, 0.1) is 13.8 Å². The number of hydrogen-bond acceptors (Lipinski definition) is 8. The number of methoxy groups -OCH3 is 1. The first kappa shape index (κ1) is 24.4. The molecule has 2 aromatic heterocycles. The van der Waals surface area contributed by atoms with E-state index in [9.17, 15) is 9.59 Å². The summed E-state index contributed by atoms with van der Waals surface area (Å²) in [6.45, 7) is 4.14. The molecule has 9 nitrogen and oxygen atoms in total. The van der Waals surface area contributed by atoms with Gasteiger partial charge in [0, 0.05) is 11.6 Å². The number of aromatic nitrogens is 4. The molecule has 2 aromatic carbocycles. The summed E-state index contributed by atoms with van der Waals surface area (Å²) in [4.78, 5) is 29.3. The average Bonchev–Trinajstić information content (AvgIpc) is 3.52. The van der Waals surface area contributed by atoms with Crippen molar-refractivity contribution < 1.29 is 14.3 Å². The fraction of sp³-hybridized carbons (Fsp3) is 0.208. The number of benzene rings is 2. The van der Waals surface area contributed by atoms with Gasteiger partial charge in [-0.2, -0.15) is 0 Å². The van der Waals surface area contributed by atoms with Gasteiger partial charge in [-0.05, 0) is 43.2 Å². The van der Waals surface area contributed by atoms with E-state index in [1.165, 1.54) is 30.2 Å². The number of rotatable bonds is 9. The van der Waals surface area contributed by atoms with E-state index in [0.29, 0.717) is 27.4 Å². The number of aryl methyl sites for hydroxylation is 2. The molecule has 180 valence electrons. The summed E-state index contributed by atoms with van der Waals surface area (Å²) in [6, 6.07) is 13.1. The molecule has 0 spiro atoms. The van der Waals surface area contributed by atoms with E-state index < -0.39 is 0 Å². The van der Waals surface area contributed by atoms with Gasteiger partial charge in [0.1, 0.15) is 5.75 Å². The molecule has 0 aliphatic rings. The second-order valence-corrected chi connectivity index (χ2v) is 9.42. The van der Waals surface area contributed by atoms with Gasteiger partial charge in [-0.15, -0.1) is 21.5 Å². The van der Waals surface area contributed by atoms with Gasteiger partial charge in [0.2, 0.25) is 5.91 Å². The first-order chi connectivity index (χ1) is 17.0. The summed E-state index contributed by atoms with van der Waals surface area (Å²) in [6.07, 6.45) is 1.64. The Bertz CT molecular complexity index is 1340. The van der Waals surface area contributed by atoms with Crippen molar-refractivity contribution in [1.29, 1.82) is 0 Å². The first-order valence-electron chi connectivity index (χ1n) is 10.7. The highest BCUT2D eigenvalue weighted by Crippen LogP contribution is 2.26. The van der Waals surface area contributed by atoms with Crippen molar-refractivity contribution in [2.24, 2.45) is 0 Å². The van der Waals surface area contributed by atoms with Crippen LogP contribution in [0.3, 0.4) is 0 Å². The largest absolute Gasteiger partial charge is 0.496 e. The smallest absolute Gasteiger partial charge is 0.255 e. The third-order valence-electron chi connectivity index (χ3n) is 5.08. The number of nitrogens with one attached hydrogen (secondary N) is 2. The minimum Gasteiger partial charge on any atom is -0.496 e. The predicted octanol–water partition coefficient (Wildman–Crippen LogP) is 4.01. The maximum atomic E-state index is 12.8. The summed E-state index contributed by atoms with van der Waals surface area (Å²) in [7, 11) is 1.53. The molecular formula is C24H24N6O3S2. The van der Waals surface area contributed by atoms with Crippen molar-refractivity contribution in [2.45, 2.75) is 25.5 Å². The molecule has 11 heteroatoms. The lowest BCUT2D eigenvalue weighted by atomic mass is 10.1. The van der Waals surface area contributed by atoms with Gasteiger partial charge in [0.25, 0.3) is 5.91 Å². The van der Waals surface area contributed by atoms with E-state index in [0.717, 1.165) is 16.8 Å². The van der Waals surface area contributed by atoms with E-state index in [2.05, 4.69) is 25.8 Å². The molecule has 0 bridgehead atoms. The molecule has 0 aliphatic heterocycles. The maximum absolute atomic E-state index is 12.8. The van der Waals surface area contributed by atoms with E-state index in [4.69, 9.17) is 4.74 Å². The van der Waals surface area contributed by atoms with Gasteiger partial charge in [0.15, 0.2) is 16.1 Å². The molecule has 35 heavy (non-hydrogen) atoms. The molecule has 4 aromatic rings. The van der Waals surface area contributed by atoms with Crippen LogP contribution >= 0.6 is 23.1 Å². The monoisotopic (exact) mass is 508 g/mol. The topological polar surface area (TPSA) is 111 Å². The molecular weight excluding hydrogens is 484 g/mol. The van der Waals surface area contributed by atoms with Crippen LogP contribution in [-0.4, -0.2) is 44.4 Å². The first-order valence-corrected chi connectivity index (χ1v) is 12.6.